The summed E-state index contributed by atoms with van der Waals surface area (Å²) in [6.07, 6.45) is 3.10. The van der Waals surface area contributed by atoms with Crippen LogP contribution in [0.25, 0.3) is 11.6 Å². The van der Waals surface area contributed by atoms with Crippen molar-refractivity contribution in [3.63, 3.8) is 0 Å². The molecule has 2 fully saturated rings. The number of anilines is 1. The molecule has 0 spiro atoms. The number of para-hydroxylation sites is 1. The number of allylic oxidation sites excluding steroid dienone is 1. The number of amides is 2. The normalized spacial score (nSPS) is 24.5. The topological polar surface area (TPSA) is 107 Å². The first-order valence-electron chi connectivity index (χ1n) is 14.1. The molecule has 41 heavy (non-hydrogen) atoms. The number of aromatic hydroxyl groups is 1. The molecule has 2 amide bonds. The summed E-state index contributed by atoms with van der Waals surface area (Å²) in [5.74, 6) is -1.91. The molecular weight excluding hydrogens is 517 g/mol. The Bertz CT molecular complexity index is 1500. The average molecular weight is 549 g/mol. The minimum absolute atomic E-state index is 0.183. The number of carbonyl (C=O) groups excluding carboxylic acids is 2. The molecule has 3 aromatic carbocycles. The fourth-order valence-electron chi connectivity index (χ4n) is 6.80. The zero-order chi connectivity index (χ0) is 28.5. The zero-order valence-electron chi connectivity index (χ0n) is 22.6. The summed E-state index contributed by atoms with van der Waals surface area (Å²) in [4.78, 5) is 28.5. The summed E-state index contributed by atoms with van der Waals surface area (Å²) >= 11 is 0. The number of fused-ring (bicyclic) bond motifs is 3. The Morgan fingerprint density at radius 2 is 1.68 bits per heavy atom. The predicted molar refractivity (Wildman–Crippen MR) is 157 cm³/mol. The van der Waals surface area contributed by atoms with Crippen LogP contribution in [0, 0.1) is 17.8 Å². The Hall–Kier alpha value is -3.98. The molecule has 0 aromatic heterocycles. The molecule has 3 N–H and O–H groups in total. The molecule has 3 aliphatic rings. The van der Waals surface area contributed by atoms with Crippen LogP contribution in [0.2, 0.25) is 6.32 Å². The molecule has 2 saturated heterocycles. The van der Waals surface area contributed by atoms with Gasteiger partial charge in [-0.2, -0.15) is 0 Å². The van der Waals surface area contributed by atoms with Gasteiger partial charge in [0.15, 0.2) is 0 Å². The predicted octanol–water partition coefficient (Wildman–Crippen LogP) is 4.71. The van der Waals surface area contributed by atoms with Crippen molar-refractivity contribution in [1.29, 1.82) is 0 Å². The number of carbonyl (C=O) groups is 2. The minimum atomic E-state index is -1.09. The van der Waals surface area contributed by atoms with Crippen LogP contribution in [0.4, 0.5) is 5.69 Å². The van der Waals surface area contributed by atoms with Crippen LogP contribution in [0.5, 0.6) is 5.75 Å². The number of phenolic OH excluding ortho intramolecular Hbond substituents is 1. The molecule has 6 rings (SSSR count). The molecule has 0 bridgehead atoms. The van der Waals surface area contributed by atoms with Crippen molar-refractivity contribution >= 4 is 36.3 Å². The van der Waals surface area contributed by atoms with E-state index in [0.29, 0.717) is 24.9 Å². The lowest BCUT2D eigenvalue weighted by atomic mass is 9.58. The molecule has 3 aromatic rings. The highest BCUT2D eigenvalue weighted by atomic mass is 16.5. The number of hydrogen-bond donors (Lipinski definition) is 3. The lowest BCUT2D eigenvalue weighted by molar-refractivity contribution is -0.122. The van der Waals surface area contributed by atoms with Gasteiger partial charge in [-0.15, -0.1) is 0 Å². The van der Waals surface area contributed by atoms with Gasteiger partial charge in [-0.3, -0.25) is 14.5 Å². The van der Waals surface area contributed by atoms with Crippen LogP contribution in [0.15, 0.2) is 96.1 Å². The van der Waals surface area contributed by atoms with Crippen LogP contribution < -0.4 is 4.90 Å². The maximum Gasteiger partial charge on any atom is 0.455 e. The van der Waals surface area contributed by atoms with Gasteiger partial charge in [0.25, 0.3) is 0 Å². The van der Waals surface area contributed by atoms with Crippen LogP contribution in [0.3, 0.4) is 0 Å². The number of benzene rings is 3. The quantitative estimate of drug-likeness (QED) is 0.171. The number of aliphatic hydroxyl groups excluding tert-OH is 1. The Morgan fingerprint density at radius 1 is 0.951 bits per heavy atom. The summed E-state index contributed by atoms with van der Waals surface area (Å²) in [5.41, 5.74) is 5.02. The lowest BCUT2D eigenvalue weighted by Gasteiger charge is -2.43. The van der Waals surface area contributed by atoms with E-state index in [9.17, 15) is 24.8 Å². The second-order valence-electron chi connectivity index (χ2n) is 11.0. The number of phenols is 1. The van der Waals surface area contributed by atoms with E-state index in [-0.39, 0.29) is 30.5 Å². The van der Waals surface area contributed by atoms with Gasteiger partial charge in [-0.25, -0.2) is 0 Å². The van der Waals surface area contributed by atoms with Crippen LogP contribution >= 0.6 is 0 Å². The van der Waals surface area contributed by atoms with Crippen molar-refractivity contribution < 1.29 is 29.5 Å². The van der Waals surface area contributed by atoms with E-state index in [1.807, 2.05) is 48.5 Å². The Balaban J connectivity index is 1.31. The van der Waals surface area contributed by atoms with E-state index >= 15 is 0 Å². The van der Waals surface area contributed by atoms with Crippen LogP contribution in [-0.4, -0.2) is 46.9 Å². The zero-order valence-corrected chi connectivity index (χ0v) is 22.6. The van der Waals surface area contributed by atoms with Crippen molar-refractivity contribution in [2.24, 2.45) is 17.8 Å². The second kappa shape index (κ2) is 11.5. The fourth-order valence-corrected chi connectivity index (χ4v) is 6.80. The molecule has 2 aliphatic heterocycles. The molecule has 8 heteroatoms. The third kappa shape index (κ3) is 5.26. The molecule has 2 heterocycles. The van der Waals surface area contributed by atoms with Gasteiger partial charge in [0.05, 0.1) is 30.2 Å². The number of rotatable bonds is 7. The largest absolute Gasteiger partial charge is 0.508 e. The van der Waals surface area contributed by atoms with Gasteiger partial charge in [0, 0.05) is 0 Å². The highest BCUT2D eigenvalue weighted by Gasteiger charge is 2.57. The second-order valence-corrected chi connectivity index (χ2v) is 11.0. The van der Waals surface area contributed by atoms with Crippen molar-refractivity contribution in [2.75, 3.05) is 11.5 Å². The van der Waals surface area contributed by atoms with Crippen LogP contribution in [0.1, 0.15) is 30.4 Å². The minimum Gasteiger partial charge on any atom is -0.508 e. The third-order valence-electron chi connectivity index (χ3n) is 8.54. The first kappa shape index (κ1) is 27.2. The van der Waals surface area contributed by atoms with E-state index in [0.717, 1.165) is 27.8 Å². The smallest absolute Gasteiger partial charge is 0.455 e. The van der Waals surface area contributed by atoms with E-state index in [1.54, 1.807) is 42.5 Å². The van der Waals surface area contributed by atoms with Gasteiger partial charge in [-0.1, -0.05) is 66.7 Å². The van der Waals surface area contributed by atoms with Crippen molar-refractivity contribution in [3.05, 3.63) is 107 Å². The molecule has 208 valence electrons. The van der Waals surface area contributed by atoms with E-state index in [2.05, 4.69) is 0 Å². The molecule has 1 aliphatic carbocycles. The molecule has 0 unspecified atom stereocenters. The van der Waals surface area contributed by atoms with Gasteiger partial charge >= 0.3 is 7.12 Å². The first-order valence-corrected chi connectivity index (χ1v) is 14.1. The molecule has 0 saturated carbocycles. The molecule has 0 radical (unpaired) electrons. The summed E-state index contributed by atoms with van der Waals surface area (Å²) in [5, 5.41) is 31.2. The summed E-state index contributed by atoms with van der Waals surface area (Å²) in [7, 11) is -1.09. The van der Waals surface area contributed by atoms with Gasteiger partial charge in [-0.05, 0) is 83.6 Å². The Labute approximate surface area is 239 Å². The van der Waals surface area contributed by atoms with Crippen molar-refractivity contribution in [3.8, 4) is 5.75 Å². The summed E-state index contributed by atoms with van der Waals surface area (Å²) in [6, 6.07) is 25.9. The Morgan fingerprint density at radius 3 is 2.39 bits per heavy atom. The third-order valence-corrected chi connectivity index (χ3v) is 8.54. The highest BCUT2D eigenvalue weighted by molar-refractivity contribution is 6.43. The van der Waals surface area contributed by atoms with Crippen molar-refractivity contribution in [2.45, 2.75) is 31.7 Å². The monoisotopic (exact) mass is 549 g/mol. The van der Waals surface area contributed by atoms with Gasteiger partial charge in [0.2, 0.25) is 11.8 Å². The van der Waals surface area contributed by atoms with Crippen molar-refractivity contribution in [1.82, 2.24) is 0 Å². The van der Waals surface area contributed by atoms with E-state index in [1.165, 1.54) is 4.90 Å². The number of nitrogens with zero attached hydrogens (tertiary/aromatic N) is 1. The highest BCUT2D eigenvalue weighted by Crippen LogP contribution is 2.51. The Kier molecular flexibility index (Phi) is 7.62. The van der Waals surface area contributed by atoms with Gasteiger partial charge in [0.1, 0.15) is 5.75 Å². The summed E-state index contributed by atoms with van der Waals surface area (Å²) in [6.45, 7) is -0.234. The number of imide groups is 1. The molecule has 4 atom stereocenters. The maximum atomic E-state index is 13.8. The average Bonchev–Trinajstić information content (AvgIpc) is 3.24. The lowest BCUT2D eigenvalue weighted by Crippen LogP contribution is -2.46. The van der Waals surface area contributed by atoms with E-state index in [4.69, 9.17) is 4.65 Å². The molecule has 7 nitrogen and oxygen atoms in total. The molecular formula is C33H32BNO6. The maximum absolute atomic E-state index is 13.8. The standard InChI is InChI=1S/C33H32BNO6/c36-20-24-18-27-31(33(39)35(32(27)38)25-11-5-2-6-12-25)28-19-34(40)41-29(30(24)28)15-14-23(22-9-3-1-4-10-22)16-21-8-7-13-26(37)17-21/h1-13,16-17,27-29,31,36-37,40H,14-15,18-20H2/b23-16-/t27-,28+,29-,31-/m1/s1. The van der Waals surface area contributed by atoms with E-state index < -0.39 is 31.0 Å². The number of aliphatic hydroxyl groups is 1. The summed E-state index contributed by atoms with van der Waals surface area (Å²) < 4.78 is 6.08. The fraction of sp³-hybridized carbons (Fsp3) is 0.273. The number of hydrogen-bond acceptors (Lipinski definition) is 6. The van der Waals surface area contributed by atoms with Gasteiger partial charge < -0.3 is 19.9 Å². The first-order chi connectivity index (χ1) is 19.9. The SMILES string of the molecule is O=C1[C@@H]2[C@@H](CC(CO)=C3[C@@H](CC/C(=C/c4cccc(O)c4)c4ccccc4)OB(O)C[C@@H]32)C(=O)N1c1ccccc1. The van der Waals surface area contributed by atoms with Crippen LogP contribution in [-0.2, 0) is 14.2 Å².